The summed E-state index contributed by atoms with van der Waals surface area (Å²) in [6.07, 6.45) is 1.33. The minimum atomic E-state index is -0.932. The lowest BCUT2D eigenvalue weighted by atomic mass is 10.2. The van der Waals surface area contributed by atoms with Crippen molar-refractivity contribution in [1.29, 1.82) is 0 Å². The summed E-state index contributed by atoms with van der Waals surface area (Å²) in [7, 11) is 6.64. The Morgan fingerprint density at radius 3 is 1.32 bits per heavy atom. The van der Waals surface area contributed by atoms with Gasteiger partial charge in [-0.3, -0.25) is 38.4 Å². The maximum Gasteiger partial charge on any atom is 0.306 e. The van der Waals surface area contributed by atoms with E-state index in [0.29, 0.717) is 117 Å². The van der Waals surface area contributed by atoms with Crippen molar-refractivity contribution in [3.8, 4) is 0 Å². The molecule has 0 aliphatic carbocycles. The van der Waals surface area contributed by atoms with Crippen LogP contribution in [0.3, 0.4) is 0 Å². The topological polar surface area (TPSA) is 252 Å². The molecular weight excluding hydrogens is 814 g/mol. The number of nitrogens with zero attached hydrogens (tertiary/aromatic N) is 4. The molecule has 0 aromatic heterocycles. The first kappa shape index (κ1) is 57.9. The molecule has 1 atom stereocenters. The molecule has 0 aliphatic heterocycles. The Balaban J connectivity index is 5.29. The number of aliphatic hydroxyl groups excluding tert-OH is 1. The van der Waals surface area contributed by atoms with Gasteiger partial charge in [0.25, 0.3) is 0 Å². The standard InChI is InChI=1S/C41H75N7O14/c1-33(49)8-21-47(27-14-39(55)60-4)31-19-44-36(52)11-24-46(22-9-34(50)32-42-18-30-48(28-15-40(56)61-5)29-16-41(57)62-6)23-10-35(51)43-17-7-20-45(25-12-37(53)58-2)26-13-38(54)59-3/h39,42,55H,7-32H2,1-6H3,(H,43,51)(H,44,52). The zero-order valence-corrected chi connectivity index (χ0v) is 38.0. The molecule has 4 N–H and O–H groups in total. The van der Waals surface area contributed by atoms with E-state index in [2.05, 4.69) is 16.0 Å². The first-order valence-electron chi connectivity index (χ1n) is 21.3. The molecule has 358 valence electrons. The molecule has 0 rings (SSSR count). The minimum Gasteiger partial charge on any atom is -0.469 e. The van der Waals surface area contributed by atoms with Gasteiger partial charge in [-0.25, -0.2) is 0 Å². The Morgan fingerprint density at radius 2 is 0.855 bits per heavy atom. The van der Waals surface area contributed by atoms with E-state index in [4.69, 9.17) is 23.7 Å². The van der Waals surface area contributed by atoms with Crippen molar-refractivity contribution in [3.05, 3.63) is 0 Å². The summed E-state index contributed by atoms with van der Waals surface area (Å²) in [5, 5.41) is 18.7. The van der Waals surface area contributed by atoms with Crippen molar-refractivity contribution in [1.82, 2.24) is 35.6 Å². The third-order valence-electron chi connectivity index (χ3n) is 9.85. The molecule has 0 saturated carbocycles. The van der Waals surface area contributed by atoms with Crippen molar-refractivity contribution in [3.63, 3.8) is 0 Å². The van der Waals surface area contributed by atoms with Crippen LogP contribution in [-0.2, 0) is 62.0 Å². The maximum atomic E-state index is 12.9. The summed E-state index contributed by atoms with van der Waals surface area (Å²) >= 11 is 0. The highest BCUT2D eigenvalue weighted by Crippen LogP contribution is 2.03. The first-order chi connectivity index (χ1) is 29.6. The number of methoxy groups -OCH3 is 5. The van der Waals surface area contributed by atoms with E-state index in [1.165, 1.54) is 42.5 Å². The number of hydrogen-bond donors (Lipinski definition) is 4. The van der Waals surface area contributed by atoms with E-state index in [1.807, 2.05) is 19.6 Å². The lowest BCUT2D eigenvalue weighted by molar-refractivity contribution is -0.142. The van der Waals surface area contributed by atoms with E-state index in [1.54, 1.807) is 0 Å². The highest BCUT2D eigenvalue weighted by atomic mass is 16.6. The van der Waals surface area contributed by atoms with Gasteiger partial charge >= 0.3 is 23.9 Å². The zero-order valence-electron chi connectivity index (χ0n) is 38.0. The molecule has 1 unspecified atom stereocenters. The van der Waals surface area contributed by atoms with Crippen LogP contribution in [0.25, 0.3) is 0 Å². The van der Waals surface area contributed by atoms with E-state index in [9.17, 15) is 43.5 Å². The highest BCUT2D eigenvalue weighted by molar-refractivity contribution is 5.80. The number of hydrogen-bond acceptors (Lipinski definition) is 19. The van der Waals surface area contributed by atoms with Crippen molar-refractivity contribution >= 4 is 47.3 Å². The lowest BCUT2D eigenvalue weighted by Gasteiger charge is -2.24. The molecule has 0 aromatic carbocycles. The fraction of sp³-hybridized carbons (Fsp3) is 0.805. The molecule has 0 radical (unpaired) electrons. The van der Waals surface area contributed by atoms with Gasteiger partial charge < -0.3 is 64.3 Å². The third kappa shape index (κ3) is 33.5. The van der Waals surface area contributed by atoms with Crippen LogP contribution in [0.1, 0.15) is 71.1 Å². The molecule has 2 amide bonds. The molecule has 0 spiro atoms. The Hall–Kier alpha value is -4.12. The summed E-state index contributed by atoms with van der Waals surface area (Å²) in [5.41, 5.74) is 0. The molecule has 21 heteroatoms. The molecule has 0 aromatic rings. The number of nitrogens with one attached hydrogen (secondary N) is 3. The smallest absolute Gasteiger partial charge is 0.306 e. The number of ether oxygens (including phenoxy) is 5. The van der Waals surface area contributed by atoms with Crippen LogP contribution < -0.4 is 16.0 Å². The molecule has 0 bridgehead atoms. The predicted octanol–water partition coefficient (Wildman–Crippen LogP) is -1.27. The van der Waals surface area contributed by atoms with Crippen LogP contribution >= 0.6 is 0 Å². The number of carbonyl (C=O) groups is 8. The Kier molecular flexibility index (Phi) is 34.9. The number of aliphatic hydroxyl groups is 1. The summed E-state index contributed by atoms with van der Waals surface area (Å²) in [6, 6.07) is 0. The van der Waals surface area contributed by atoms with Gasteiger partial charge in [0.1, 0.15) is 11.6 Å². The van der Waals surface area contributed by atoms with Crippen LogP contribution in [-0.4, -0.2) is 219 Å². The molecule has 21 nitrogen and oxygen atoms in total. The van der Waals surface area contributed by atoms with Crippen molar-refractivity contribution in [2.45, 2.75) is 77.4 Å². The van der Waals surface area contributed by atoms with Crippen molar-refractivity contribution in [2.75, 3.05) is 140 Å². The average molecular weight is 890 g/mol. The average Bonchev–Trinajstić information content (AvgIpc) is 3.26. The molecule has 0 aliphatic rings. The second-order valence-electron chi connectivity index (χ2n) is 14.6. The molecule has 0 fully saturated rings. The largest absolute Gasteiger partial charge is 0.469 e. The Bertz CT molecular complexity index is 1220. The van der Waals surface area contributed by atoms with Crippen molar-refractivity contribution < 1.29 is 67.1 Å². The number of amides is 2. The number of Topliss-reactive ketones (excluding diaryl/α,β-unsaturated/α-hetero) is 2. The van der Waals surface area contributed by atoms with Crippen LogP contribution in [0.5, 0.6) is 0 Å². The SMILES string of the molecule is COC(=O)CCN(CCCNC(=O)CCN(CCC(=O)CNCCN(CCC(=O)OC)CCC(=O)OC)CCC(=O)NCCN(CCC(C)=O)CCC(O)OC)CCC(=O)OC. The Labute approximate surface area is 367 Å². The van der Waals surface area contributed by atoms with Gasteiger partial charge in [0.05, 0.1) is 60.7 Å². The summed E-state index contributed by atoms with van der Waals surface area (Å²) in [4.78, 5) is 105. The van der Waals surface area contributed by atoms with Gasteiger partial charge in [-0.2, -0.15) is 0 Å². The first-order valence-corrected chi connectivity index (χ1v) is 21.3. The van der Waals surface area contributed by atoms with Gasteiger partial charge in [0.15, 0.2) is 6.29 Å². The van der Waals surface area contributed by atoms with Crippen LogP contribution in [0, 0.1) is 0 Å². The van der Waals surface area contributed by atoms with Gasteiger partial charge in [-0.15, -0.1) is 0 Å². The summed E-state index contributed by atoms with van der Waals surface area (Å²) < 4.78 is 23.8. The van der Waals surface area contributed by atoms with Crippen LogP contribution in [0.2, 0.25) is 0 Å². The quantitative estimate of drug-likeness (QED) is 0.0242. The number of esters is 4. The van der Waals surface area contributed by atoms with E-state index in [-0.39, 0.29) is 98.7 Å². The zero-order chi connectivity index (χ0) is 46.5. The number of rotatable bonds is 40. The normalized spacial score (nSPS) is 11.7. The monoisotopic (exact) mass is 890 g/mol. The van der Waals surface area contributed by atoms with E-state index in [0.717, 1.165) is 0 Å². The molecule has 0 heterocycles. The molecule has 0 saturated heterocycles. The predicted molar refractivity (Wildman–Crippen MR) is 228 cm³/mol. The molecular formula is C41H75N7O14. The lowest BCUT2D eigenvalue weighted by Crippen LogP contribution is -2.39. The fourth-order valence-corrected chi connectivity index (χ4v) is 5.89. The summed E-state index contributed by atoms with van der Waals surface area (Å²) in [5.74, 6) is -1.95. The molecule has 62 heavy (non-hydrogen) atoms. The van der Waals surface area contributed by atoms with Gasteiger partial charge in [0, 0.05) is 131 Å². The third-order valence-corrected chi connectivity index (χ3v) is 9.85. The highest BCUT2D eigenvalue weighted by Gasteiger charge is 2.17. The second kappa shape index (κ2) is 37.4. The van der Waals surface area contributed by atoms with E-state index < -0.39 is 6.29 Å². The fourth-order valence-electron chi connectivity index (χ4n) is 5.89. The van der Waals surface area contributed by atoms with Crippen LogP contribution in [0.4, 0.5) is 0 Å². The summed E-state index contributed by atoms with van der Waals surface area (Å²) in [6.45, 7) is 7.50. The second-order valence-corrected chi connectivity index (χ2v) is 14.6. The number of carbonyl (C=O) groups excluding carboxylic acids is 8. The van der Waals surface area contributed by atoms with Gasteiger partial charge in [-0.05, 0) is 19.9 Å². The van der Waals surface area contributed by atoms with Crippen LogP contribution in [0.15, 0.2) is 0 Å². The Morgan fingerprint density at radius 1 is 0.468 bits per heavy atom. The van der Waals surface area contributed by atoms with Gasteiger partial charge in [-0.1, -0.05) is 0 Å². The van der Waals surface area contributed by atoms with E-state index >= 15 is 0 Å². The maximum absolute atomic E-state index is 12.9. The van der Waals surface area contributed by atoms with Crippen molar-refractivity contribution in [2.24, 2.45) is 0 Å². The minimum absolute atomic E-state index is 0.0347. The van der Waals surface area contributed by atoms with Gasteiger partial charge in [0.2, 0.25) is 11.8 Å². The number of ketones is 2.